The smallest absolute Gasteiger partial charge is 0.228 e. The molecule has 5 heteroatoms. The molecule has 0 spiro atoms. The third-order valence-electron chi connectivity index (χ3n) is 2.72. The molecule has 0 aliphatic heterocycles. The molecule has 0 atom stereocenters. The van der Waals surface area contributed by atoms with Crippen molar-refractivity contribution in [1.29, 1.82) is 5.26 Å². The fraction of sp³-hybridized carbons (Fsp3) is 0.0667. The first-order valence-electron chi connectivity index (χ1n) is 5.92. The van der Waals surface area contributed by atoms with Crippen LogP contribution in [0.1, 0.15) is 11.1 Å². The fourth-order valence-corrected chi connectivity index (χ4v) is 2.01. The molecule has 2 aromatic carbocycles. The Morgan fingerprint density at radius 2 is 1.95 bits per heavy atom. The Morgan fingerprint density at radius 1 is 1.25 bits per heavy atom. The van der Waals surface area contributed by atoms with Crippen molar-refractivity contribution in [3.8, 4) is 6.07 Å². The van der Waals surface area contributed by atoms with Gasteiger partial charge in [-0.25, -0.2) is 0 Å². The van der Waals surface area contributed by atoms with Gasteiger partial charge < -0.3 is 11.1 Å². The summed E-state index contributed by atoms with van der Waals surface area (Å²) in [6.45, 7) is 0. The van der Waals surface area contributed by atoms with Gasteiger partial charge in [-0.1, -0.05) is 28.1 Å². The van der Waals surface area contributed by atoms with Crippen LogP contribution in [0.2, 0.25) is 0 Å². The quantitative estimate of drug-likeness (QED) is 0.849. The predicted molar refractivity (Wildman–Crippen MR) is 82.0 cm³/mol. The second-order valence-electron chi connectivity index (χ2n) is 4.27. The van der Waals surface area contributed by atoms with Crippen molar-refractivity contribution >= 4 is 33.2 Å². The number of hydrogen-bond donors (Lipinski definition) is 2. The monoisotopic (exact) mass is 329 g/mol. The molecule has 0 bridgehead atoms. The highest BCUT2D eigenvalue weighted by molar-refractivity contribution is 9.10. The number of hydrogen-bond acceptors (Lipinski definition) is 3. The lowest BCUT2D eigenvalue weighted by molar-refractivity contribution is -0.115. The third-order valence-corrected chi connectivity index (χ3v) is 3.24. The van der Waals surface area contributed by atoms with Crippen LogP contribution in [-0.2, 0) is 11.2 Å². The second-order valence-corrected chi connectivity index (χ2v) is 5.18. The molecule has 0 aliphatic carbocycles. The zero-order valence-corrected chi connectivity index (χ0v) is 12.1. The number of halogens is 1. The molecule has 20 heavy (non-hydrogen) atoms. The van der Waals surface area contributed by atoms with Crippen molar-refractivity contribution in [1.82, 2.24) is 0 Å². The van der Waals surface area contributed by atoms with Crippen LogP contribution in [0, 0.1) is 11.3 Å². The van der Waals surface area contributed by atoms with E-state index in [1.54, 1.807) is 12.1 Å². The Labute approximate surface area is 125 Å². The van der Waals surface area contributed by atoms with Crippen molar-refractivity contribution in [2.24, 2.45) is 0 Å². The number of nitrogens with one attached hydrogen (secondary N) is 1. The van der Waals surface area contributed by atoms with Crippen LogP contribution in [-0.4, -0.2) is 5.91 Å². The van der Waals surface area contributed by atoms with Gasteiger partial charge >= 0.3 is 0 Å². The predicted octanol–water partition coefficient (Wildman–Crippen LogP) is 3.08. The van der Waals surface area contributed by atoms with Crippen molar-refractivity contribution in [3.63, 3.8) is 0 Å². The number of nitriles is 1. The normalized spacial score (nSPS) is 9.80. The van der Waals surface area contributed by atoms with E-state index in [2.05, 4.69) is 21.2 Å². The third kappa shape index (κ3) is 3.59. The van der Waals surface area contributed by atoms with Gasteiger partial charge in [-0.15, -0.1) is 0 Å². The van der Waals surface area contributed by atoms with Crippen molar-refractivity contribution < 1.29 is 4.79 Å². The van der Waals surface area contributed by atoms with Crippen molar-refractivity contribution in [2.45, 2.75) is 6.42 Å². The molecule has 0 saturated heterocycles. The lowest BCUT2D eigenvalue weighted by Gasteiger charge is -2.08. The molecule has 0 fully saturated rings. The molecule has 2 rings (SSSR count). The number of carbonyl (C=O) groups is 1. The van der Waals surface area contributed by atoms with Gasteiger partial charge in [-0.05, 0) is 35.9 Å². The number of nitrogens with zero attached hydrogens (tertiary/aromatic N) is 1. The van der Waals surface area contributed by atoms with E-state index in [0.717, 1.165) is 10.0 Å². The standard InChI is InChI=1S/C15H12BrN3O/c16-12-3-1-10(2-4-12)7-15(20)19-14-6-5-13(18)8-11(14)9-17/h1-6,8H,7,18H2,(H,19,20). The van der Waals surface area contributed by atoms with Gasteiger partial charge in [0, 0.05) is 10.2 Å². The highest BCUT2D eigenvalue weighted by atomic mass is 79.9. The van der Waals surface area contributed by atoms with Crippen LogP contribution < -0.4 is 11.1 Å². The Bertz CT molecular complexity index is 675. The number of nitrogens with two attached hydrogens (primary N) is 1. The fourth-order valence-electron chi connectivity index (χ4n) is 1.75. The first kappa shape index (κ1) is 14.1. The molecular formula is C15H12BrN3O. The van der Waals surface area contributed by atoms with Crippen LogP contribution in [0.4, 0.5) is 11.4 Å². The van der Waals surface area contributed by atoms with Crippen LogP contribution in [0.25, 0.3) is 0 Å². The Morgan fingerprint density at radius 3 is 2.60 bits per heavy atom. The molecule has 2 aromatic rings. The lowest BCUT2D eigenvalue weighted by Crippen LogP contribution is -2.15. The molecule has 0 unspecified atom stereocenters. The number of anilines is 2. The van der Waals surface area contributed by atoms with Gasteiger partial charge in [0.05, 0.1) is 17.7 Å². The summed E-state index contributed by atoms with van der Waals surface area (Å²) in [4.78, 5) is 12.0. The second kappa shape index (κ2) is 6.22. The summed E-state index contributed by atoms with van der Waals surface area (Å²) >= 11 is 3.34. The summed E-state index contributed by atoms with van der Waals surface area (Å²) < 4.78 is 0.965. The van der Waals surface area contributed by atoms with Crippen LogP contribution in [0.5, 0.6) is 0 Å². The minimum atomic E-state index is -0.173. The van der Waals surface area contributed by atoms with Crippen molar-refractivity contribution in [2.75, 3.05) is 11.1 Å². The summed E-state index contributed by atoms with van der Waals surface area (Å²) in [5, 5.41) is 11.7. The van der Waals surface area contributed by atoms with Crippen LogP contribution in [0.15, 0.2) is 46.9 Å². The maximum atomic E-state index is 12.0. The molecule has 0 aliphatic rings. The average Bonchev–Trinajstić information content (AvgIpc) is 2.43. The number of rotatable bonds is 3. The highest BCUT2D eigenvalue weighted by Gasteiger charge is 2.08. The van der Waals surface area contributed by atoms with E-state index < -0.39 is 0 Å². The Hall–Kier alpha value is -2.32. The molecule has 0 heterocycles. The van der Waals surface area contributed by atoms with Gasteiger partial charge in [-0.3, -0.25) is 4.79 Å². The summed E-state index contributed by atoms with van der Waals surface area (Å²) in [5.74, 6) is -0.173. The Balaban J connectivity index is 2.09. The Kier molecular flexibility index (Phi) is 4.38. The van der Waals surface area contributed by atoms with E-state index in [9.17, 15) is 4.79 Å². The number of carbonyl (C=O) groups excluding carboxylic acids is 1. The number of amides is 1. The van der Waals surface area contributed by atoms with Crippen LogP contribution in [0.3, 0.4) is 0 Å². The zero-order valence-electron chi connectivity index (χ0n) is 10.6. The zero-order chi connectivity index (χ0) is 14.5. The van der Waals surface area contributed by atoms with E-state index in [0.29, 0.717) is 16.9 Å². The van der Waals surface area contributed by atoms with Gasteiger partial charge in [0.2, 0.25) is 5.91 Å². The van der Waals surface area contributed by atoms with E-state index >= 15 is 0 Å². The van der Waals surface area contributed by atoms with Crippen LogP contribution >= 0.6 is 15.9 Å². The molecule has 1 amide bonds. The highest BCUT2D eigenvalue weighted by Crippen LogP contribution is 2.18. The average molecular weight is 330 g/mol. The summed E-state index contributed by atoms with van der Waals surface area (Å²) in [6.07, 6.45) is 0.253. The van der Waals surface area contributed by atoms with Gasteiger partial charge in [0.1, 0.15) is 6.07 Å². The summed E-state index contributed by atoms with van der Waals surface area (Å²) in [6, 6.07) is 14.3. The minimum Gasteiger partial charge on any atom is -0.399 e. The van der Waals surface area contributed by atoms with E-state index in [4.69, 9.17) is 11.0 Å². The van der Waals surface area contributed by atoms with Gasteiger partial charge in [0.25, 0.3) is 0 Å². The number of benzene rings is 2. The molecule has 0 aromatic heterocycles. The largest absolute Gasteiger partial charge is 0.399 e. The van der Waals surface area contributed by atoms with E-state index in [1.807, 2.05) is 30.3 Å². The maximum Gasteiger partial charge on any atom is 0.228 e. The molecule has 0 radical (unpaired) electrons. The molecule has 100 valence electrons. The lowest BCUT2D eigenvalue weighted by atomic mass is 10.1. The SMILES string of the molecule is N#Cc1cc(N)ccc1NC(=O)Cc1ccc(Br)cc1. The van der Waals surface area contributed by atoms with Gasteiger partial charge in [0.15, 0.2) is 0 Å². The minimum absolute atomic E-state index is 0.173. The topological polar surface area (TPSA) is 78.9 Å². The first-order valence-corrected chi connectivity index (χ1v) is 6.71. The van der Waals surface area contributed by atoms with E-state index in [1.165, 1.54) is 6.07 Å². The first-order chi connectivity index (χ1) is 9.58. The molecular weight excluding hydrogens is 318 g/mol. The molecule has 4 nitrogen and oxygen atoms in total. The summed E-state index contributed by atoms with van der Waals surface area (Å²) in [7, 11) is 0. The molecule has 0 saturated carbocycles. The number of nitrogen functional groups attached to an aromatic ring is 1. The maximum absolute atomic E-state index is 12.0. The molecule has 3 N–H and O–H groups in total. The summed E-state index contributed by atoms with van der Waals surface area (Å²) in [5.41, 5.74) is 7.83. The van der Waals surface area contributed by atoms with Crippen molar-refractivity contribution in [3.05, 3.63) is 58.1 Å². The van der Waals surface area contributed by atoms with E-state index in [-0.39, 0.29) is 12.3 Å². The van der Waals surface area contributed by atoms with Gasteiger partial charge in [-0.2, -0.15) is 5.26 Å².